The summed E-state index contributed by atoms with van der Waals surface area (Å²) in [5.41, 5.74) is 1.19. The van der Waals surface area contributed by atoms with Gasteiger partial charge in [-0.25, -0.2) is 0 Å². The molecular formula is C15H21NO2. The van der Waals surface area contributed by atoms with Crippen LogP contribution in [0.4, 0.5) is 0 Å². The van der Waals surface area contributed by atoms with Crippen LogP contribution in [0, 0.1) is 5.92 Å². The van der Waals surface area contributed by atoms with Gasteiger partial charge in [0.2, 0.25) is 5.91 Å². The van der Waals surface area contributed by atoms with Crippen molar-refractivity contribution in [2.24, 2.45) is 5.92 Å². The smallest absolute Gasteiger partial charge is 0.223 e. The number of benzene rings is 1. The van der Waals surface area contributed by atoms with Gasteiger partial charge in [0.15, 0.2) is 0 Å². The first-order chi connectivity index (χ1) is 8.69. The zero-order valence-corrected chi connectivity index (χ0v) is 11.1. The molecule has 1 aromatic rings. The van der Waals surface area contributed by atoms with Crippen molar-refractivity contribution in [3.63, 3.8) is 0 Å². The molecule has 2 rings (SSSR count). The molecule has 1 fully saturated rings. The number of nitrogens with one attached hydrogen (secondary N) is 1. The molecule has 0 saturated heterocycles. The number of amides is 1. The van der Waals surface area contributed by atoms with Gasteiger partial charge in [0, 0.05) is 12.0 Å². The zero-order chi connectivity index (χ0) is 13.0. The van der Waals surface area contributed by atoms with E-state index in [0.29, 0.717) is 0 Å². The van der Waals surface area contributed by atoms with Gasteiger partial charge in [0.05, 0.1) is 7.11 Å². The Morgan fingerprint density at radius 1 is 1.50 bits per heavy atom. The van der Waals surface area contributed by atoms with Crippen molar-refractivity contribution >= 4 is 5.91 Å². The largest absolute Gasteiger partial charge is 0.497 e. The third kappa shape index (κ3) is 3.25. The first-order valence-electron chi connectivity index (χ1n) is 6.62. The first kappa shape index (κ1) is 12.9. The molecule has 98 valence electrons. The van der Waals surface area contributed by atoms with E-state index >= 15 is 0 Å². The molecule has 1 aliphatic carbocycles. The fraction of sp³-hybridized carbons (Fsp3) is 0.533. The third-order valence-electron chi connectivity index (χ3n) is 3.54. The Labute approximate surface area is 109 Å². The highest BCUT2D eigenvalue weighted by atomic mass is 16.5. The van der Waals surface area contributed by atoms with Crippen molar-refractivity contribution in [2.75, 3.05) is 7.11 Å². The minimum Gasteiger partial charge on any atom is -0.497 e. The summed E-state index contributed by atoms with van der Waals surface area (Å²) in [5, 5.41) is 3.09. The number of hydrogen-bond acceptors (Lipinski definition) is 2. The van der Waals surface area contributed by atoms with Crippen molar-refractivity contribution in [1.82, 2.24) is 5.32 Å². The monoisotopic (exact) mass is 247 g/mol. The lowest BCUT2D eigenvalue weighted by Crippen LogP contribution is -2.40. The molecule has 1 aromatic carbocycles. The van der Waals surface area contributed by atoms with Gasteiger partial charge < -0.3 is 10.1 Å². The van der Waals surface area contributed by atoms with Crippen LogP contribution in [0.2, 0.25) is 0 Å². The minimum atomic E-state index is 0.171. The molecule has 0 aliphatic heterocycles. The summed E-state index contributed by atoms with van der Waals surface area (Å²) in [6, 6.07) is 8.17. The Balaban J connectivity index is 1.85. The number of methoxy groups -OCH3 is 1. The van der Waals surface area contributed by atoms with E-state index in [1.807, 2.05) is 18.2 Å². The summed E-state index contributed by atoms with van der Waals surface area (Å²) in [6.07, 6.45) is 4.15. The van der Waals surface area contributed by atoms with E-state index in [2.05, 4.69) is 18.3 Å². The molecule has 1 atom stereocenters. The summed E-state index contributed by atoms with van der Waals surface area (Å²) in [5.74, 6) is 1.35. The van der Waals surface area contributed by atoms with Gasteiger partial charge in [-0.05, 0) is 43.9 Å². The Hall–Kier alpha value is -1.51. The van der Waals surface area contributed by atoms with E-state index in [4.69, 9.17) is 4.74 Å². The van der Waals surface area contributed by atoms with E-state index in [1.54, 1.807) is 7.11 Å². The quantitative estimate of drug-likeness (QED) is 0.868. The molecule has 1 aliphatic rings. The molecule has 0 radical (unpaired) electrons. The normalized spacial score (nSPS) is 16.8. The summed E-state index contributed by atoms with van der Waals surface area (Å²) in [4.78, 5) is 11.8. The van der Waals surface area contributed by atoms with E-state index < -0.39 is 0 Å². The fourth-order valence-corrected chi connectivity index (χ4v) is 2.24. The second-order valence-electron chi connectivity index (χ2n) is 5.09. The topological polar surface area (TPSA) is 38.3 Å². The second-order valence-corrected chi connectivity index (χ2v) is 5.09. The summed E-state index contributed by atoms with van der Waals surface area (Å²) in [6.45, 7) is 2.05. The van der Waals surface area contributed by atoms with Crippen LogP contribution in [0.15, 0.2) is 24.3 Å². The average Bonchev–Trinajstić information content (AvgIpc) is 2.26. The maximum absolute atomic E-state index is 11.8. The summed E-state index contributed by atoms with van der Waals surface area (Å²) >= 11 is 0. The SMILES string of the molecule is COc1cccc(CC(C)NC(=O)C2CCC2)c1. The van der Waals surface area contributed by atoms with Crippen molar-refractivity contribution in [3.8, 4) is 5.75 Å². The Kier molecular flexibility index (Phi) is 4.24. The van der Waals surface area contributed by atoms with Gasteiger partial charge in [-0.3, -0.25) is 4.79 Å². The van der Waals surface area contributed by atoms with Gasteiger partial charge in [0.25, 0.3) is 0 Å². The predicted octanol–water partition coefficient (Wildman–Crippen LogP) is 2.54. The lowest BCUT2D eigenvalue weighted by Gasteiger charge is -2.26. The highest BCUT2D eigenvalue weighted by Crippen LogP contribution is 2.26. The van der Waals surface area contributed by atoms with Gasteiger partial charge in [-0.2, -0.15) is 0 Å². The van der Waals surface area contributed by atoms with Gasteiger partial charge in [-0.15, -0.1) is 0 Å². The van der Waals surface area contributed by atoms with Crippen molar-refractivity contribution < 1.29 is 9.53 Å². The van der Waals surface area contributed by atoms with Crippen LogP contribution >= 0.6 is 0 Å². The van der Waals surface area contributed by atoms with E-state index in [-0.39, 0.29) is 17.9 Å². The Bertz CT molecular complexity index is 413. The van der Waals surface area contributed by atoms with Crippen molar-refractivity contribution in [3.05, 3.63) is 29.8 Å². The van der Waals surface area contributed by atoms with Crippen LogP contribution in [-0.4, -0.2) is 19.1 Å². The molecular weight excluding hydrogens is 226 g/mol. The standard InChI is InChI=1S/C15H21NO2/c1-11(16-15(17)13-6-4-7-13)9-12-5-3-8-14(10-12)18-2/h3,5,8,10-11,13H,4,6-7,9H2,1-2H3,(H,16,17). The number of hydrogen-bond donors (Lipinski definition) is 1. The molecule has 1 unspecified atom stereocenters. The average molecular weight is 247 g/mol. The minimum absolute atomic E-state index is 0.171. The molecule has 18 heavy (non-hydrogen) atoms. The van der Waals surface area contributed by atoms with E-state index in [9.17, 15) is 4.79 Å². The maximum Gasteiger partial charge on any atom is 0.223 e. The van der Waals surface area contributed by atoms with Crippen molar-refractivity contribution in [1.29, 1.82) is 0 Å². The van der Waals surface area contributed by atoms with Gasteiger partial charge >= 0.3 is 0 Å². The lowest BCUT2D eigenvalue weighted by molar-refractivity contribution is -0.127. The summed E-state index contributed by atoms with van der Waals surface area (Å²) in [7, 11) is 1.67. The Morgan fingerprint density at radius 2 is 2.28 bits per heavy atom. The second kappa shape index (κ2) is 5.89. The van der Waals surface area contributed by atoms with Crippen LogP contribution < -0.4 is 10.1 Å². The molecule has 0 aromatic heterocycles. The zero-order valence-electron chi connectivity index (χ0n) is 11.1. The first-order valence-corrected chi connectivity index (χ1v) is 6.62. The number of carbonyl (C=O) groups excluding carboxylic acids is 1. The van der Waals surface area contributed by atoms with E-state index in [1.165, 1.54) is 12.0 Å². The van der Waals surface area contributed by atoms with Crippen LogP contribution in [0.3, 0.4) is 0 Å². The van der Waals surface area contributed by atoms with E-state index in [0.717, 1.165) is 25.0 Å². The highest BCUT2D eigenvalue weighted by Gasteiger charge is 2.25. The van der Waals surface area contributed by atoms with Gasteiger partial charge in [0.1, 0.15) is 5.75 Å². The molecule has 3 heteroatoms. The van der Waals surface area contributed by atoms with Crippen LogP contribution in [0.25, 0.3) is 0 Å². The maximum atomic E-state index is 11.8. The summed E-state index contributed by atoms with van der Waals surface area (Å²) < 4.78 is 5.19. The van der Waals surface area contributed by atoms with Crippen LogP contribution in [0.1, 0.15) is 31.7 Å². The fourth-order valence-electron chi connectivity index (χ4n) is 2.24. The lowest BCUT2D eigenvalue weighted by atomic mass is 9.84. The van der Waals surface area contributed by atoms with Crippen LogP contribution in [0.5, 0.6) is 5.75 Å². The molecule has 1 amide bonds. The molecule has 0 spiro atoms. The molecule has 1 N–H and O–H groups in total. The predicted molar refractivity (Wildman–Crippen MR) is 71.6 cm³/mol. The van der Waals surface area contributed by atoms with Gasteiger partial charge in [-0.1, -0.05) is 18.6 Å². The number of rotatable bonds is 5. The third-order valence-corrected chi connectivity index (χ3v) is 3.54. The molecule has 3 nitrogen and oxygen atoms in total. The molecule has 1 saturated carbocycles. The Morgan fingerprint density at radius 3 is 2.89 bits per heavy atom. The molecule has 0 heterocycles. The highest BCUT2D eigenvalue weighted by molar-refractivity contribution is 5.79. The molecule has 0 bridgehead atoms. The van der Waals surface area contributed by atoms with Crippen molar-refractivity contribution in [2.45, 2.75) is 38.6 Å². The number of ether oxygens (including phenoxy) is 1. The number of carbonyl (C=O) groups is 1. The van der Waals surface area contributed by atoms with Crippen LogP contribution in [-0.2, 0) is 11.2 Å².